The minimum atomic E-state index is -0.534. The molecule has 25 heavy (non-hydrogen) atoms. The van der Waals surface area contributed by atoms with Crippen molar-refractivity contribution in [1.29, 1.82) is 0 Å². The Kier molecular flexibility index (Phi) is 4.97. The fourth-order valence-corrected chi connectivity index (χ4v) is 2.79. The second-order valence-corrected chi connectivity index (χ2v) is 5.70. The highest BCUT2D eigenvalue weighted by atomic mass is 19.1. The first kappa shape index (κ1) is 16.9. The van der Waals surface area contributed by atoms with Gasteiger partial charge in [-0.15, -0.1) is 0 Å². The van der Waals surface area contributed by atoms with Gasteiger partial charge in [0.25, 0.3) is 17.3 Å². The number of hydrogen-bond acceptors (Lipinski definition) is 5. The van der Waals surface area contributed by atoms with E-state index in [4.69, 9.17) is 9.47 Å². The predicted molar refractivity (Wildman–Crippen MR) is 87.4 cm³/mol. The maximum Gasteiger partial charge on any atom is 0.259 e. The number of pyridine rings is 2. The largest absolute Gasteiger partial charge is 0.496 e. The number of H-pyrrole nitrogens is 1. The van der Waals surface area contributed by atoms with Gasteiger partial charge in [-0.05, 0) is 25.0 Å². The molecule has 0 saturated carbocycles. The lowest BCUT2D eigenvalue weighted by atomic mass is 10.1. The summed E-state index contributed by atoms with van der Waals surface area (Å²) >= 11 is 0. The smallest absolute Gasteiger partial charge is 0.259 e. The van der Waals surface area contributed by atoms with Crippen molar-refractivity contribution in [2.45, 2.75) is 18.9 Å². The molecule has 3 rings (SSSR count). The van der Waals surface area contributed by atoms with Crippen LogP contribution in [0.4, 0.5) is 4.39 Å². The molecular formula is C17H18FN3O4. The third-order valence-electron chi connectivity index (χ3n) is 4.01. The van der Waals surface area contributed by atoms with Gasteiger partial charge in [0.2, 0.25) is 0 Å². The van der Waals surface area contributed by atoms with Crippen molar-refractivity contribution in [3.8, 4) is 11.6 Å². The molecular weight excluding hydrogens is 329 g/mol. The minimum absolute atomic E-state index is 0.0663. The number of carbonyl (C=O) groups excluding carboxylic acids is 1. The predicted octanol–water partition coefficient (Wildman–Crippen LogP) is 1.60. The fraction of sp³-hybridized carbons (Fsp3) is 0.353. The van der Waals surface area contributed by atoms with E-state index in [0.717, 1.165) is 6.42 Å². The molecule has 8 heteroatoms. The zero-order valence-electron chi connectivity index (χ0n) is 13.7. The number of amides is 1. The molecule has 1 fully saturated rings. The Morgan fingerprint density at radius 1 is 1.48 bits per heavy atom. The first-order valence-corrected chi connectivity index (χ1v) is 7.91. The number of aromatic amines is 1. The van der Waals surface area contributed by atoms with Crippen molar-refractivity contribution in [2.24, 2.45) is 0 Å². The van der Waals surface area contributed by atoms with Crippen LogP contribution in [0.15, 0.2) is 35.4 Å². The highest BCUT2D eigenvalue weighted by Crippen LogP contribution is 2.22. The zero-order valence-corrected chi connectivity index (χ0v) is 13.7. The van der Waals surface area contributed by atoms with E-state index in [1.165, 1.54) is 37.7 Å². The molecule has 1 saturated heterocycles. The summed E-state index contributed by atoms with van der Waals surface area (Å²) in [5, 5.41) is 0. The average Bonchev–Trinajstić information content (AvgIpc) is 2.63. The summed E-state index contributed by atoms with van der Waals surface area (Å²) in [6, 6.07) is 4.00. The molecule has 2 aromatic rings. The molecule has 0 aromatic carbocycles. The number of nitrogens with zero attached hydrogens (tertiary/aromatic N) is 2. The standard InChI is InChI=1S/C17H18FN3O4/c1-24-14-8-15(22)20-9-12(14)17(23)21-7-3-4-11(10-21)25-16-13(18)5-2-6-19-16/h2,5-6,8-9,11H,3-4,7,10H2,1H3,(H,20,22). The monoisotopic (exact) mass is 347 g/mol. The summed E-state index contributed by atoms with van der Waals surface area (Å²) < 4.78 is 24.4. The van der Waals surface area contributed by atoms with Gasteiger partial charge >= 0.3 is 0 Å². The van der Waals surface area contributed by atoms with Gasteiger partial charge in [0, 0.05) is 25.0 Å². The summed E-state index contributed by atoms with van der Waals surface area (Å²) in [5.41, 5.74) is -0.0781. The summed E-state index contributed by atoms with van der Waals surface area (Å²) in [4.78, 5) is 32.1. The lowest BCUT2D eigenvalue weighted by molar-refractivity contribution is 0.0515. The van der Waals surface area contributed by atoms with Crippen LogP contribution in [-0.2, 0) is 0 Å². The van der Waals surface area contributed by atoms with Crippen LogP contribution in [0.1, 0.15) is 23.2 Å². The molecule has 7 nitrogen and oxygen atoms in total. The second kappa shape index (κ2) is 7.33. The van der Waals surface area contributed by atoms with Crippen LogP contribution in [-0.4, -0.2) is 47.1 Å². The third kappa shape index (κ3) is 3.78. The Morgan fingerprint density at radius 2 is 2.32 bits per heavy atom. The summed E-state index contributed by atoms with van der Waals surface area (Å²) in [6.07, 6.45) is 3.86. The fourth-order valence-electron chi connectivity index (χ4n) is 2.79. The first-order chi connectivity index (χ1) is 12.1. The molecule has 3 heterocycles. The van der Waals surface area contributed by atoms with Crippen LogP contribution in [0, 0.1) is 5.82 Å². The van der Waals surface area contributed by atoms with Gasteiger partial charge in [0.15, 0.2) is 5.82 Å². The van der Waals surface area contributed by atoms with Crippen molar-refractivity contribution in [2.75, 3.05) is 20.2 Å². The number of hydrogen-bond donors (Lipinski definition) is 1. The van der Waals surface area contributed by atoms with Crippen molar-refractivity contribution < 1.29 is 18.7 Å². The van der Waals surface area contributed by atoms with Gasteiger partial charge in [-0.1, -0.05) is 0 Å². The van der Waals surface area contributed by atoms with E-state index in [0.29, 0.717) is 19.5 Å². The third-order valence-corrected chi connectivity index (χ3v) is 4.01. The minimum Gasteiger partial charge on any atom is -0.496 e. The number of ether oxygens (including phenoxy) is 2. The zero-order chi connectivity index (χ0) is 17.8. The van der Waals surface area contributed by atoms with E-state index in [9.17, 15) is 14.0 Å². The maximum atomic E-state index is 13.7. The van der Waals surface area contributed by atoms with Crippen LogP contribution < -0.4 is 15.0 Å². The van der Waals surface area contributed by atoms with Gasteiger partial charge in [0.1, 0.15) is 11.9 Å². The van der Waals surface area contributed by atoms with Crippen molar-refractivity contribution in [1.82, 2.24) is 14.9 Å². The van der Waals surface area contributed by atoms with Crippen LogP contribution >= 0.6 is 0 Å². The molecule has 1 N–H and O–H groups in total. The van der Waals surface area contributed by atoms with Gasteiger partial charge in [-0.3, -0.25) is 9.59 Å². The van der Waals surface area contributed by atoms with E-state index in [-0.39, 0.29) is 34.8 Å². The Bertz CT molecular complexity index is 824. The van der Waals surface area contributed by atoms with E-state index in [1.54, 1.807) is 4.90 Å². The number of carbonyl (C=O) groups is 1. The lowest BCUT2D eigenvalue weighted by Gasteiger charge is -2.32. The normalized spacial score (nSPS) is 17.2. The molecule has 1 amide bonds. The van der Waals surface area contributed by atoms with E-state index < -0.39 is 5.82 Å². The summed E-state index contributed by atoms with van der Waals surface area (Å²) in [7, 11) is 1.40. The number of halogens is 1. The molecule has 0 radical (unpaired) electrons. The molecule has 1 aliphatic heterocycles. The van der Waals surface area contributed by atoms with Crippen LogP contribution in [0.25, 0.3) is 0 Å². The molecule has 1 aliphatic rings. The quantitative estimate of drug-likeness (QED) is 0.908. The van der Waals surface area contributed by atoms with Crippen molar-refractivity contribution >= 4 is 5.91 Å². The maximum absolute atomic E-state index is 13.7. The van der Waals surface area contributed by atoms with Crippen LogP contribution in [0.5, 0.6) is 11.6 Å². The molecule has 0 aliphatic carbocycles. The molecule has 1 atom stereocenters. The Morgan fingerprint density at radius 3 is 3.08 bits per heavy atom. The van der Waals surface area contributed by atoms with E-state index in [1.807, 2.05) is 0 Å². The Balaban J connectivity index is 1.74. The summed E-state index contributed by atoms with van der Waals surface area (Å²) in [6.45, 7) is 0.850. The second-order valence-electron chi connectivity index (χ2n) is 5.70. The highest BCUT2D eigenvalue weighted by molar-refractivity contribution is 5.96. The first-order valence-electron chi connectivity index (χ1n) is 7.91. The molecule has 0 spiro atoms. The number of methoxy groups -OCH3 is 1. The topological polar surface area (TPSA) is 84.5 Å². The molecule has 1 unspecified atom stereocenters. The van der Waals surface area contributed by atoms with Crippen molar-refractivity contribution in [3.05, 3.63) is 52.3 Å². The van der Waals surface area contributed by atoms with E-state index >= 15 is 0 Å². The highest BCUT2D eigenvalue weighted by Gasteiger charge is 2.28. The van der Waals surface area contributed by atoms with Gasteiger partial charge in [-0.2, -0.15) is 0 Å². The number of piperidine rings is 1. The van der Waals surface area contributed by atoms with Crippen LogP contribution in [0.2, 0.25) is 0 Å². The van der Waals surface area contributed by atoms with E-state index in [2.05, 4.69) is 9.97 Å². The number of likely N-dealkylation sites (tertiary alicyclic amines) is 1. The molecule has 0 bridgehead atoms. The average molecular weight is 347 g/mol. The van der Waals surface area contributed by atoms with Gasteiger partial charge in [0.05, 0.1) is 19.2 Å². The van der Waals surface area contributed by atoms with Gasteiger partial charge < -0.3 is 19.4 Å². The number of aromatic nitrogens is 2. The Hall–Kier alpha value is -2.90. The molecule has 2 aromatic heterocycles. The summed E-state index contributed by atoms with van der Waals surface area (Å²) in [5.74, 6) is -0.660. The number of rotatable bonds is 4. The van der Waals surface area contributed by atoms with Gasteiger partial charge in [-0.25, -0.2) is 9.37 Å². The lowest BCUT2D eigenvalue weighted by Crippen LogP contribution is -2.44. The Labute approximate surface area is 143 Å². The van der Waals surface area contributed by atoms with Crippen molar-refractivity contribution in [3.63, 3.8) is 0 Å². The number of nitrogens with one attached hydrogen (secondary N) is 1. The molecule has 132 valence electrons. The SMILES string of the molecule is COc1cc(=O)[nH]cc1C(=O)N1CCCC(Oc2ncccc2F)C1. The van der Waals surface area contributed by atoms with Crippen LogP contribution in [0.3, 0.4) is 0 Å².